The van der Waals surface area contributed by atoms with E-state index >= 15 is 0 Å². The predicted molar refractivity (Wildman–Crippen MR) is 60.2 cm³/mol. The van der Waals surface area contributed by atoms with E-state index in [2.05, 4.69) is 10.2 Å². The van der Waals surface area contributed by atoms with E-state index < -0.39 is 5.97 Å². The molecular weight excluding hydrogens is 220 g/mol. The number of carbonyl (C=O) groups is 1. The van der Waals surface area contributed by atoms with Gasteiger partial charge in [0.15, 0.2) is 0 Å². The summed E-state index contributed by atoms with van der Waals surface area (Å²) in [6.07, 6.45) is 0.888. The van der Waals surface area contributed by atoms with Crippen LogP contribution in [0.1, 0.15) is 16.1 Å². The molecule has 0 bridgehead atoms. The van der Waals surface area contributed by atoms with Crippen LogP contribution < -0.4 is 4.74 Å². The minimum absolute atomic E-state index is 0.0793. The lowest BCUT2D eigenvalue weighted by molar-refractivity contribution is 0.0690. The number of carboxylic acids is 1. The average Bonchev–Trinajstić information content (AvgIpc) is 2.97. The van der Waals surface area contributed by atoms with Crippen LogP contribution >= 0.6 is 0 Å². The van der Waals surface area contributed by atoms with Crippen molar-refractivity contribution in [1.82, 2.24) is 10.2 Å². The van der Waals surface area contributed by atoms with Gasteiger partial charge in [0, 0.05) is 12.0 Å². The maximum Gasteiger partial charge on any atom is 0.353 e. The van der Waals surface area contributed by atoms with E-state index in [-0.39, 0.29) is 5.69 Å². The van der Waals surface area contributed by atoms with E-state index in [0.29, 0.717) is 12.3 Å². The SMILES string of the molecule is O=C(O)c1cc(-c2cccc3c2OCC3)n[nH]1. The third-order valence-corrected chi connectivity index (χ3v) is 2.80. The first-order valence-corrected chi connectivity index (χ1v) is 5.29. The monoisotopic (exact) mass is 230 g/mol. The molecule has 0 atom stereocenters. The number of rotatable bonds is 2. The molecular formula is C12H10N2O3. The van der Waals surface area contributed by atoms with Crippen molar-refractivity contribution in [1.29, 1.82) is 0 Å². The summed E-state index contributed by atoms with van der Waals surface area (Å²) in [7, 11) is 0. The normalized spacial score (nSPS) is 13.2. The minimum Gasteiger partial charge on any atom is -0.492 e. The lowest BCUT2D eigenvalue weighted by Crippen LogP contribution is -1.95. The Kier molecular flexibility index (Phi) is 2.11. The molecule has 0 spiro atoms. The zero-order chi connectivity index (χ0) is 11.8. The first-order chi connectivity index (χ1) is 8.25. The highest BCUT2D eigenvalue weighted by Gasteiger charge is 2.19. The largest absolute Gasteiger partial charge is 0.492 e. The van der Waals surface area contributed by atoms with Crippen LogP contribution in [0, 0.1) is 0 Å². The van der Waals surface area contributed by atoms with Gasteiger partial charge in [-0.05, 0) is 17.7 Å². The third-order valence-electron chi connectivity index (χ3n) is 2.80. The van der Waals surface area contributed by atoms with E-state index in [9.17, 15) is 4.79 Å². The fourth-order valence-electron chi connectivity index (χ4n) is 1.99. The van der Waals surface area contributed by atoms with Gasteiger partial charge in [-0.2, -0.15) is 5.10 Å². The fourth-order valence-corrected chi connectivity index (χ4v) is 1.99. The first kappa shape index (κ1) is 9.89. The van der Waals surface area contributed by atoms with Gasteiger partial charge in [0.25, 0.3) is 0 Å². The molecule has 5 heteroatoms. The van der Waals surface area contributed by atoms with Crippen molar-refractivity contribution in [2.24, 2.45) is 0 Å². The Morgan fingerprint density at radius 3 is 3.12 bits per heavy atom. The summed E-state index contributed by atoms with van der Waals surface area (Å²) >= 11 is 0. The number of ether oxygens (including phenoxy) is 1. The number of H-pyrrole nitrogens is 1. The van der Waals surface area contributed by atoms with Crippen molar-refractivity contribution in [2.75, 3.05) is 6.61 Å². The number of aromatic carboxylic acids is 1. The van der Waals surface area contributed by atoms with Crippen LogP contribution in [0.4, 0.5) is 0 Å². The maximum absolute atomic E-state index is 10.8. The lowest BCUT2D eigenvalue weighted by atomic mass is 10.1. The second-order valence-corrected chi connectivity index (χ2v) is 3.86. The second-order valence-electron chi connectivity index (χ2n) is 3.86. The van der Waals surface area contributed by atoms with Crippen molar-refractivity contribution in [3.05, 3.63) is 35.5 Å². The molecule has 0 radical (unpaired) electrons. The highest BCUT2D eigenvalue weighted by molar-refractivity contribution is 5.87. The van der Waals surface area contributed by atoms with Gasteiger partial charge in [-0.25, -0.2) is 4.79 Å². The number of aromatic amines is 1. The molecule has 3 rings (SSSR count). The average molecular weight is 230 g/mol. The number of hydrogen-bond acceptors (Lipinski definition) is 3. The molecule has 0 amide bonds. The quantitative estimate of drug-likeness (QED) is 0.823. The number of fused-ring (bicyclic) bond motifs is 1. The van der Waals surface area contributed by atoms with Crippen molar-refractivity contribution < 1.29 is 14.6 Å². The summed E-state index contributed by atoms with van der Waals surface area (Å²) in [4.78, 5) is 10.8. The molecule has 1 aliphatic rings. The van der Waals surface area contributed by atoms with Crippen LogP contribution in [0.15, 0.2) is 24.3 Å². The molecule has 0 fully saturated rings. The highest BCUT2D eigenvalue weighted by Crippen LogP contribution is 2.35. The molecule has 0 saturated heterocycles. The Morgan fingerprint density at radius 1 is 1.47 bits per heavy atom. The van der Waals surface area contributed by atoms with E-state index in [0.717, 1.165) is 23.3 Å². The Balaban J connectivity index is 2.09. The standard InChI is InChI=1S/C12H10N2O3/c15-12(16)10-6-9(13-14-10)8-3-1-2-7-4-5-17-11(7)8/h1-3,6H,4-5H2,(H,13,14)(H,15,16). The number of nitrogens with one attached hydrogen (secondary N) is 1. The Hall–Kier alpha value is -2.30. The zero-order valence-electron chi connectivity index (χ0n) is 8.93. The van der Waals surface area contributed by atoms with Crippen molar-refractivity contribution in [3.63, 3.8) is 0 Å². The zero-order valence-corrected chi connectivity index (χ0v) is 8.93. The Labute approximate surface area is 97.0 Å². The molecule has 1 aromatic heterocycles. The molecule has 2 N–H and O–H groups in total. The molecule has 86 valence electrons. The van der Waals surface area contributed by atoms with Crippen molar-refractivity contribution >= 4 is 5.97 Å². The molecule has 5 nitrogen and oxygen atoms in total. The van der Waals surface area contributed by atoms with E-state index in [1.54, 1.807) is 0 Å². The summed E-state index contributed by atoms with van der Waals surface area (Å²) < 4.78 is 5.55. The van der Waals surface area contributed by atoms with Gasteiger partial charge in [-0.1, -0.05) is 12.1 Å². The Morgan fingerprint density at radius 2 is 2.35 bits per heavy atom. The van der Waals surface area contributed by atoms with Gasteiger partial charge in [0.2, 0.25) is 0 Å². The highest BCUT2D eigenvalue weighted by atomic mass is 16.5. The number of nitrogens with zero attached hydrogens (tertiary/aromatic N) is 1. The second kappa shape index (κ2) is 3.62. The Bertz CT molecular complexity index is 589. The molecule has 2 heterocycles. The number of carboxylic acid groups (broad SMARTS) is 1. The molecule has 0 unspecified atom stereocenters. The summed E-state index contributed by atoms with van der Waals surface area (Å²) in [6, 6.07) is 7.33. The third kappa shape index (κ3) is 1.56. The van der Waals surface area contributed by atoms with Gasteiger partial charge in [0.1, 0.15) is 11.4 Å². The van der Waals surface area contributed by atoms with Crippen LogP contribution in [0.5, 0.6) is 5.75 Å². The van der Waals surface area contributed by atoms with Crippen molar-refractivity contribution in [3.8, 4) is 17.0 Å². The van der Waals surface area contributed by atoms with Crippen LogP contribution in [0.25, 0.3) is 11.3 Å². The van der Waals surface area contributed by atoms with Gasteiger partial charge < -0.3 is 9.84 Å². The number of hydrogen-bond donors (Lipinski definition) is 2. The fraction of sp³-hybridized carbons (Fsp3) is 0.167. The van der Waals surface area contributed by atoms with Gasteiger partial charge in [-0.15, -0.1) is 0 Å². The van der Waals surface area contributed by atoms with E-state index in [1.807, 2.05) is 18.2 Å². The van der Waals surface area contributed by atoms with E-state index in [4.69, 9.17) is 9.84 Å². The topological polar surface area (TPSA) is 75.2 Å². The summed E-state index contributed by atoms with van der Waals surface area (Å²) in [5, 5.41) is 15.3. The summed E-state index contributed by atoms with van der Waals surface area (Å²) in [5.74, 6) is -0.201. The smallest absolute Gasteiger partial charge is 0.353 e. The lowest BCUT2D eigenvalue weighted by Gasteiger charge is -2.04. The van der Waals surface area contributed by atoms with Gasteiger partial charge in [0.05, 0.1) is 12.3 Å². The summed E-state index contributed by atoms with van der Waals surface area (Å²) in [5.41, 5.74) is 2.66. The predicted octanol–water partition coefficient (Wildman–Crippen LogP) is 1.71. The molecule has 0 aliphatic carbocycles. The van der Waals surface area contributed by atoms with Crippen LogP contribution in [0.2, 0.25) is 0 Å². The maximum atomic E-state index is 10.8. The van der Waals surface area contributed by atoms with Crippen LogP contribution in [-0.4, -0.2) is 27.9 Å². The molecule has 17 heavy (non-hydrogen) atoms. The van der Waals surface area contributed by atoms with E-state index in [1.165, 1.54) is 6.07 Å². The van der Waals surface area contributed by atoms with Crippen LogP contribution in [0.3, 0.4) is 0 Å². The number of benzene rings is 1. The van der Waals surface area contributed by atoms with Crippen LogP contribution in [-0.2, 0) is 6.42 Å². The minimum atomic E-state index is -1.02. The van der Waals surface area contributed by atoms with Gasteiger partial charge in [-0.3, -0.25) is 5.10 Å². The molecule has 1 aromatic carbocycles. The summed E-state index contributed by atoms with van der Waals surface area (Å²) in [6.45, 7) is 0.669. The van der Waals surface area contributed by atoms with Crippen molar-refractivity contribution in [2.45, 2.75) is 6.42 Å². The number of para-hydroxylation sites is 1. The van der Waals surface area contributed by atoms with Gasteiger partial charge >= 0.3 is 5.97 Å². The molecule has 0 saturated carbocycles. The first-order valence-electron chi connectivity index (χ1n) is 5.29. The number of aromatic nitrogens is 2. The molecule has 2 aromatic rings. The molecule has 1 aliphatic heterocycles.